The average Bonchev–Trinajstić information content (AvgIpc) is 3.18. The number of methoxy groups -OCH3 is 1. The monoisotopic (exact) mass is 1040 g/mol. The summed E-state index contributed by atoms with van der Waals surface area (Å²) in [6.45, 7) is 38.6. The molecule has 0 radical (unpaired) electrons. The van der Waals surface area contributed by atoms with Crippen LogP contribution < -0.4 is 15.1 Å². The molecule has 13 heteroatoms. The van der Waals surface area contributed by atoms with E-state index in [0.29, 0.717) is 42.0 Å². The number of allylic oxidation sites excluding steroid dienone is 4. The van der Waals surface area contributed by atoms with Crippen LogP contribution in [0.4, 0.5) is 0 Å². The summed E-state index contributed by atoms with van der Waals surface area (Å²) in [6, 6.07) is 2.68. The molecule has 1 unspecified atom stereocenters. The first-order valence-corrected chi connectivity index (χ1v) is 27.0. The fourth-order valence-electron chi connectivity index (χ4n) is 8.94. The molecular formula is C52H88IN3O8Si. The van der Waals surface area contributed by atoms with Crippen molar-refractivity contribution in [2.75, 3.05) is 20.8 Å². The quantitative estimate of drug-likeness (QED) is 0.0351. The van der Waals surface area contributed by atoms with Gasteiger partial charge in [0.1, 0.15) is 17.8 Å². The van der Waals surface area contributed by atoms with E-state index in [1.807, 2.05) is 58.9 Å². The van der Waals surface area contributed by atoms with Crippen molar-refractivity contribution in [2.45, 2.75) is 195 Å². The molecule has 0 heterocycles. The first kappa shape index (κ1) is 60.0. The molecule has 0 bridgehead atoms. The number of benzene rings is 1. The lowest BCUT2D eigenvalue weighted by molar-refractivity contribution is -0.161. The highest BCUT2D eigenvalue weighted by atomic mass is 127. The van der Waals surface area contributed by atoms with E-state index in [-0.39, 0.29) is 18.2 Å². The summed E-state index contributed by atoms with van der Waals surface area (Å²) in [5, 5.41) is 5.80. The smallest absolute Gasteiger partial charge is 0.331 e. The molecule has 2 N–H and O–H groups in total. The van der Waals surface area contributed by atoms with Crippen molar-refractivity contribution in [1.82, 2.24) is 15.5 Å². The minimum absolute atomic E-state index is 0.119. The summed E-state index contributed by atoms with van der Waals surface area (Å²) >= 11 is 2.29. The third-order valence-corrected chi connectivity index (χ3v) is 18.9. The third-order valence-electron chi connectivity index (χ3n) is 12.1. The van der Waals surface area contributed by atoms with E-state index < -0.39 is 68.0 Å². The Hall–Kier alpha value is -3.01. The van der Waals surface area contributed by atoms with Gasteiger partial charge < -0.3 is 34.2 Å². The van der Waals surface area contributed by atoms with Crippen LogP contribution in [-0.2, 0) is 39.8 Å². The first-order valence-electron chi connectivity index (χ1n) is 23.7. The molecule has 370 valence electrons. The van der Waals surface area contributed by atoms with Crippen LogP contribution in [0.1, 0.15) is 142 Å². The Morgan fingerprint density at radius 3 is 2.02 bits per heavy atom. The summed E-state index contributed by atoms with van der Waals surface area (Å²) < 4.78 is 25.5. The summed E-state index contributed by atoms with van der Waals surface area (Å²) in [6.07, 6.45) is 8.94. The normalized spacial score (nSPS) is 16.0. The van der Waals surface area contributed by atoms with Gasteiger partial charge in [-0.1, -0.05) is 85.3 Å². The van der Waals surface area contributed by atoms with Gasteiger partial charge >= 0.3 is 5.97 Å². The van der Waals surface area contributed by atoms with E-state index >= 15 is 0 Å². The molecule has 0 saturated heterocycles. The molecule has 1 aromatic carbocycles. The number of nitrogens with zero attached hydrogens (tertiary/aromatic N) is 1. The van der Waals surface area contributed by atoms with Crippen molar-refractivity contribution >= 4 is 54.6 Å². The molecule has 0 aliphatic carbocycles. The molecule has 0 spiro atoms. The van der Waals surface area contributed by atoms with Gasteiger partial charge in [-0.05, 0) is 149 Å². The molecule has 3 amide bonds. The third kappa shape index (κ3) is 20.0. The lowest BCUT2D eigenvalue weighted by atomic mass is 9.96. The van der Waals surface area contributed by atoms with Gasteiger partial charge in [-0.25, -0.2) is 4.79 Å². The van der Waals surface area contributed by atoms with Gasteiger partial charge in [-0.3, -0.25) is 14.4 Å². The van der Waals surface area contributed by atoms with Gasteiger partial charge in [0.2, 0.25) is 17.7 Å². The molecule has 0 aliphatic rings. The second-order valence-electron chi connectivity index (χ2n) is 20.4. The van der Waals surface area contributed by atoms with Crippen LogP contribution in [0.5, 0.6) is 5.75 Å². The van der Waals surface area contributed by atoms with E-state index in [4.69, 9.17) is 18.6 Å². The average molecular weight is 1040 g/mol. The SMILES string of the molecule is C=CCC(CC=C[C@H](C)C[C@H](C)OC(=O)[C@@H](NC(=O)[C@@H](Cc1ccc(O[Si](C(C)C)(C(C)C)C(C)C)c(I)c1)N(C)C(=O)[C@H](C)NC(=O)[C@H](C)CC(=C)C)[C@@H](C)OC(C)(C)C)CCOC. The van der Waals surface area contributed by atoms with Crippen molar-refractivity contribution in [3.63, 3.8) is 0 Å². The number of hydrogen-bond donors (Lipinski definition) is 2. The molecule has 1 rings (SSSR count). The molecule has 1 aromatic rings. The maximum atomic E-state index is 14.8. The Labute approximate surface area is 409 Å². The zero-order valence-corrected chi connectivity index (χ0v) is 46.4. The number of nitrogens with one attached hydrogen (secondary N) is 2. The number of carbonyl (C=O) groups excluding carboxylic acids is 4. The minimum atomic E-state index is -2.27. The highest BCUT2D eigenvalue weighted by molar-refractivity contribution is 14.1. The number of hydrogen-bond acceptors (Lipinski definition) is 8. The standard InChI is InChI=1S/C52H88IN3O8Si/c1-20-22-42(27-28-61-19)24-21-23-37(10)30-39(12)62-51(60)47(41(14)63-52(15,16)17)55-49(58)45(56(18)50(59)40(13)54-48(57)38(11)29-33(2)3)32-43-25-26-46(44(53)31-43)64-65(34(4)5,35(6)7)36(8)9/h20-21,23,25-26,31,34-42,45,47H,1-2,22,24,27-30,32H2,3-19H3,(H,54,57)(H,55,58)/t37-,38+,39-,40-,41+,42?,45+,47-/m0/s1. The molecule has 0 saturated carbocycles. The Bertz CT molecular complexity index is 1700. The predicted octanol–water partition coefficient (Wildman–Crippen LogP) is 11.1. The van der Waals surface area contributed by atoms with Crippen LogP contribution >= 0.6 is 22.6 Å². The number of carbonyl (C=O) groups is 4. The molecule has 0 aliphatic heterocycles. The fourth-order valence-corrected chi connectivity index (χ4v) is 15.1. The predicted molar refractivity (Wildman–Crippen MR) is 277 cm³/mol. The van der Waals surface area contributed by atoms with Crippen LogP contribution in [0.2, 0.25) is 16.6 Å². The van der Waals surface area contributed by atoms with E-state index in [9.17, 15) is 19.2 Å². The zero-order valence-electron chi connectivity index (χ0n) is 43.3. The lowest BCUT2D eigenvalue weighted by Gasteiger charge is -2.42. The molecule has 65 heavy (non-hydrogen) atoms. The number of halogens is 1. The molecule has 0 aromatic heterocycles. The zero-order chi connectivity index (χ0) is 50.0. The summed E-state index contributed by atoms with van der Waals surface area (Å²) in [7, 11) is 0.999. The van der Waals surface area contributed by atoms with Gasteiger partial charge in [0, 0.05) is 33.1 Å². The van der Waals surface area contributed by atoms with Gasteiger partial charge in [-0.15, -0.1) is 13.2 Å². The molecule has 11 nitrogen and oxygen atoms in total. The molecular weight excluding hydrogens is 950 g/mol. The highest BCUT2D eigenvalue weighted by Crippen LogP contribution is 2.43. The largest absolute Gasteiger partial charge is 0.542 e. The van der Waals surface area contributed by atoms with E-state index in [2.05, 4.69) is 107 Å². The Morgan fingerprint density at radius 2 is 1.51 bits per heavy atom. The Kier molecular flexibility index (Phi) is 26.2. The summed E-state index contributed by atoms with van der Waals surface area (Å²) in [5.74, 6) is -0.961. The Balaban J connectivity index is 3.61. The second-order valence-corrected chi connectivity index (χ2v) is 26.9. The van der Waals surface area contributed by atoms with Gasteiger partial charge in [0.25, 0.3) is 8.32 Å². The number of amides is 3. The fraction of sp³-hybridized carbons (Fsp3) is 0.692. The molecule has 0 fully saturated rings. The van der Waals surface area contributed by atoms with E-state index in [0.717, 1.165) is 39.7 Å². The summed E-state index contributed by atoms with van der Waals surface area (Å²) in [5.41, 5.74) is 2.13. The van der Waals surface area contributed by atoms with Crippen molar-refractivity contribution in [1.29, 1.82) is 0 Å². The maximum Gasteiger partial charge on any atom is 0.331 e. The van der Waals surface area contributed by atoms with Gasteiger partial charge in [0.05, 0.1) is 21.4 Å². The van der Waals surface area contributed by atoms with Crippen LogP contribution in [0.3, 0.4) is 0 Å². The number of ether oxygens (including phenoxy) is 3. The topological polar surface area (TPSA) is 132 Å². The van der Waals surface area contributed by atoms with E-state index in [1.54, 1.807) is 34.9 Å². The lowest BCUT2D eigenvalue weighted by Crippen LogP contribution is -2.59. The highest BCUT2D eigenvalue weighted by Gasteiger charge is 2.47. The van der Waals surface area contributed by atoms with Gasteiger partial charge in [-0.2, -0.15) is 0 Å². The van der Waals surface area contributed by atoms with Crippen LogP contribution in [0, 0.1) is 21.3 Å². The molecule has 8 atom stereocenters. The van der Waals surface area contributed by atoms with Crippen molar-refractivity contribution in [3.05, 3.63) is 64.3 Å². The van der Waals surface area contributed by atoms with Crippen LogP contribution in [-0.4, -0.2) is 93.6 Å². The second kappa shape index (κ2) is 28.3. The van der Waals surface area contributed by atoms with Crippen molar-refractivity contribution in [2.24, 2.45) is 17.8 Å². The first-order chi connectivity index (χ1) is 30.1. The Morgan fingerprint density at radius 1 is 0.908 bits per heavy atom. The van der Waals surface area contributed by atoms with Crippen LogP contribution in [0.15, 0.2) is 55.2 Å². The van der Waals surface area contributed by atoms with Gasteiger partial charge in [0.15, 0.2) is 6.04 Å². The van der Waals surface area contributed by atoms with Crippen LogP contribution in [0.25, 0.3) is 0 Å². The number of esters is 1. The van der Waals surface area contributed by atoms with Crippen molar-refractivity contribution < 1.29 is 37.8 Å². The summed E-state index contributed by atoms with van der Waals surface area (Å²) in [4.78, 5) is 57.6. The maximum absolute atomic E-state index is 14.8. The van der Waals surface area contributed by atoms with Crippen molar-refractivity contribution in [3.8, 4) is 5.75 Å². The number of likely N-dealkylation sites (N-methyl/N-ethyl adjacent to an activating group) is 1. The van der Waals surface area contributed by atoms with E-state index in [1.165, 1.54) is 4.90 Å². The number of rotatable bonds is 29. The minimum Gasteiger partial charge on any atom is -0.542 e.